The third-order valence-electron chi connectivity index (χ3n) is 5.00. The lowest BCUT2D eigenvalue weighted by molar-refractivity contribution is -0.150. The van der Waals surface area contributed by atoms with Crippen molar-refractivity contribution in [3.05, 3.63) is 35.9 Å². The molecule has 1 aliphatic heterocycles. The molecule has 7 nitrogen and oxygen atoms in total. The maximum Gasteiger partial charge on any atom is 0.326 e. The number of aliphatic carboxylic acids is 2. The first-order valence-corrected chi connectivity index (χ1v) is 9.37. The molecule has 0 radical (unpaired) electrons. The van der Waals surface area contributed by atoms with Crippen LogP contribution < -0.4 is 5.32 Å². The summed E-state index contributed by atoms with van der Waals surface area (Å²) >= 11 is 0. The minimum absolute atomic E-state index is 0.161. The number of carbonyl (C=O) groups is 3. The number of hydrogen-bond donors (Lipinski definition) is 3. The summed E-state index contributed by atoms with van der Waals surface area (Å²) in [4.78, 5) is 37.4. The number of carboxylic acids is 2. The lowest BCUT2D eigenvalue weighted by atomic mass is 9.98. The van der Waals surface area contributed by atoms with Gasteiger partial charge >= 0.3 is 11.9 Å². The minimum Gasteiger partial charge on any atom is -0.480 e. The minimum atomic E-state index is -1.01. The van der Waals surface area contributed by atoms with Gasteiger partial charge in [0.05, 0.1) is 6.04 Å². The molecule has 148 valence electrons. The zero-order chi connectivity index (χ0) is 20.0. The van der Waals surface area contributed by atoms with E-state index in [0.717, 1.165) is 5.56 Å². The Morgan fingerprint density at radius 3 is 2.41 bits per heavy atom. The third-order valence-corrected chi connectivity index (χ3v) is 5.00. The summed E-state index contributed by atoms with van der Waals surface area (Å²) < 4.78 is 0. The highest BCUT2D eigenvalue weighted by molar-refractivity contribution is 5.88. The molecule has 0 spiro atoms. The normalized spacial score (nSPS) is 19.1. The highest BCUT2D eigenvalue weighted by Crippen LogP contribution is 2.21. The van der Waals surface area contributed by atoms with Crippen molar-refractivity contribution in [2.45, 2.75) is 57.7 Å². The predicted molar refractivity (Wildman–Crippen MR) is 100 cm³/mol. The number of carbonyl (C=O) groups excluding carboxylic acids is 1. The van der Waals surface area contributed by atoms with Gasteiger partial charge in [0.1, 0.15) is 12.1 Å². The Morgan fingerprint density at radius 1 is 1.19 bits per heavy atom. The molecule has 3 N–H and O–H groups in total. The van der Waals surface area contributed by atoms with Gasteiger partial charge in [-0.2, -0.15) is 0 Å². The first-order chi connectivity index (χ1) is 12.8. The van der Waals surface area contributed by atoms with E-state index in [2.05, 4.69) is 5.32 Å². The summed E-state index contributed by atoms with van der Waals surface area (Å²) in [7, 11) is 0. The van der Waals surface area contributed by atoms with Crippen LogP contribution in [0.4, 0.5) is 0 Å². The van der Waals surface area contributed by atoms with E-state index in [0.29, 0.717) is 32.2 Å². The Balaban J connectivity index is 2.08. The molecule has 1 aromatic carbocycles. The molecule has 0 aliphatic carbocycles. The van der Waals surface area contributed by atoms with Gasteiger partial charge < -0.3 is 15.1 Å². The zero-order valence-electron chi connectivity index (χ0n) is 15.8. The fraction of sp³-hybridized carbons (Fsp3) is 0.550. The smallest absolute Gasteiger partial charge is 0.326 e. The number of likely N-dealkylation sites (tertiary alicyclic amines) is 1. The van der Waals surface area contributed by atoms with Crippen molar-refractivity contribution < 1.29 is 24.6 Å². The van der Waals surface area contributed by atoms with Crippen molar-refractivity contribution in [2.75, 3.05) is 6.54 Å². The summed E-state index contributed by atoms with van der Waals surface area (Å²) in [5, 5.41) is 21.9. The molecular formula is C20H28N2O5. The highest BCUT2D eigenvalue weighted by atomic mass is 16.4. The molecule has 1 saturated heterocycles. The fourth-order valence-electron chi connectivity index (χ4n) is 3.47. The van der Waals surface area contributed by atoms with E-state index in [4.69, 9.17) is 0 Å². The molecular weight excluding hydrogens is 348 g/mol. The van der Waals surface area contributed by atoms with E-state index < -0.39 is 30.1 Å². The van der Waals surface area contributed by atoms with Gasteiger partial charge in [-0.25, -0.2) is 4.79 Å². The second kappa shape index (κ2) is 9.50. The van der Waals surface area contributed by atoms with Gasteiger partial charge in [-0.15, -0.1) is 0 Å². The SMILES string of the molecule is CC(C)[C@@H](NC(CCc1ccccc1)C(=O)O)C(=O)N1CCC[C@H]1C(=O)O. The van der Waals surface area contributed by atoms with Crippen molar-refractivity contribution in [2.24, 2.45) is 5.92 Å². The highest BCUT2D eigenvalue weighted by Gasteiger charge is 2.39. The topological polar surface area (TPSA) is 107 Å². The largest absolute Gasteiger partial charge is 0.480 e. The number of benzene rings is 1. The van der Waals surface area contributed by atoms with Gasteiger partial charge in [0.2, 0.25) is 5.91 Å². The number of rotatable bonds is 9. The van der Waals surface area contributed by atoms with E-state index >= 15 is 0 Å². The molecule has 3 atom stereocenters. The Bertz CT molecular complexity index is 662. The summed E-state index contributed by atoms with van der Waals surface area (Å²) in [5.74, 6) is -2.52. The Hall–Kier alpha value is -2.41. The van der Waals surface area contributed by atoms with E-state index in [-0.39, 0.29) is 11.8 Å². The average Bonchev–Trinajstić information content (AvgIpc) is 3.11. The first-order valence-electron chi connectivity index (χ1n) is 9.37. The molecule has 7 heteroatoms. The van der Waals surface area contributed by atoms with Crippen LogP contribution in [0.15, 0.2) is 30.3 Å². The third kappa shape index (κ3) is 5.53. The van der Waals surface area contributed by atoms with Gasteiger partial charge in [-0.3, -0.25) is 14.9 Å². The average molecular weight is 376 g/mol. The van der Waals surface area contributed by atoms with Crippen LogP contribution in [0.2, 0.25) is 0 Å². The molecule has 1 amide bonds. The summed E-state index contributed by atoms with van der Waals surface area (Å²) in [6.45, 7) is 4.05. The lowest BCUT2D eigenvalue weighted by Crippen LogP contribution is -2.56. The van der Waals surface area contributed by atoms with Gasteiger partial charge in [-0.1, -0.05) is 44.2 Å². The summed E-state index contributed by atoms with van der Waals surface area (Å²) in [6.07, 6.45) is 2.00. The summed E-state index contributed by atoms with van der Waals surface area (Å²) in [5.41, 5.74) is 1.03. The maximum atomic E-state index is 12.9. The molecule has 1 aromatic rings. The molecule has 27 heavy (non-hydrogen) atoms. The van der Waals surface area contributed by atoms with E-state index in [9.17, 15) is 24.6 Å². The van der Waals surface area contributed by atoms with Gasteiger partial charge in [0.25, 0.3) is 0 Å². The van der Waals surface area contributed by atoms with Gasteiger partial charge in [0, 0.05) is 6.54 Å². The van der Waals surface area contributed by atoms with E-state index in [1.54, 1.807) is 0 Å². The first kappa shape index (κ1) is 20.9. The van der Waals surface area contributed by atoms with Gasteiger partial charge in [0.15, 0.2) is 0 Å². The van der Waals surface area contributed by atoms with Crippen molar-refractivity contribution in [1.29, 1.82) is 0 Å². The molecule has 1 unspecified atom stereocenters. The standard InChI is InChI=1S/C20H28N2O5/c1-13(2)17(18(23)22-12-6-9-16(22)20(26)27)21-15(19(24)25)11-10-14-7-4-3-5-8-14/h3-5,7-8,13,15-17,21H,6,9-12H2,1-2H3,(H,24,25)(H,26,27)/t15?,16-,17+/m0/s1. The van der Waals surface area contributed by atoms with Crippen LogP contribution in [0.25, 0.3) is 0 Å². The number of nitrogens with one attached hydrogen (secondary N) is 1. The second-order valence-electron chi connectivity index (χ2n) is 7.33. The Labute approximate surface area is 159 Å². The number of carboxylic acid groups (broad SMARTS) is 2. The molecule has 0 bridgehead atoms. The van der Waals surface area contributed by atoms with E-state index in [1.807, 2.05) is 44.2 Å². The number of nitrogens with zero attached hydrogens (tertiary/aromatic N) is 1. The lowest BCUT2D eigenvalue weighted by Gasteiger charge is -2.31. The van der Waals surface area contributed by atoms with Gasteiger partial charge in [-0.05, 0) is 37.2 Å². The fourth-order valence-corrected chi connectivity index (χ4v) is 3.47. The Morgan fingerprint density at radius 2 is 1.85 bits per heavy atom. The molecule has 1 aliphatic rings. The van der Waals surface area contributed by atoms with Crippen molar-refractivity contribution >= 4 is 17.8 Å². The van der Waals surface area contributed by atoms with Crippen LogP contribution in [-0.2, 0) is 20.8 Å². The summed E-state index contributed by atoms with van der Waals surface area (Å²) in [6, 6.07) is 7.13. The number of amides is 1. The van der Waals surface area contributed by atoms with Crippen LogP contribution in [0.1, 0.15) is 38.7 Å². The quantitative estimate of drug-likeness (QED) is 0.606. The predicted octanol–water partition coefficient (Wildman–Crippen LogP) is 1.76. The van der Waals surface area contributed by atoms with Crippen LogP contribution in [0, 0.1) is 5.92 Å². The van der Waals surface area contributed by atoms with Crippen molar-refractivity contribution in [1.82, 2.24) is 10.2 Å². The number of hydrogen-bond acceptors (Lipinski definition) is 4. The molecule has 1 fully saturated rings. The molecule has 2 rings (SSSR count). The van der Waals surface area contributed by atoms with Crippen LogP contribution >= 0.6 is 0 Å². The molecule has 0 aromatic heterocycles. The van der Waals surface area contributed by atoms with E-state index in [1.165, 1.54) is 4.90 Å². The van der Waals surface area contributed by atoms with Crippen LogP contribution in [0.3, 0.4) is 0 Å². The molecule has 1 heterocycles. The maximum absolute atomic E-state index is 12.9. The second-order valence-corrected chi connectivity index (χ2v) is 7.33. The van der Waals surface area contributed by atoms with Crippen molar-refractivity contribution in [3.8, 4) is 0 Å². The van der Waals surface area contributed by atoms with Crippen molar-refractivity contribution in [3.63, 3.8) is 0 Å². The van der Waals surface area contributed by atoms with Crippen LogP contribution in [-0.4, -0.2) is 57.6 Å². The Kier molecular flexibility index (Phi) is 7.36. The monoisotopic (exact) mass is 376 g/mol. The zero-order valence-corrected chi connectivity index (χ0v) is 15.8. The molecule has 0 saturated carbocycles. The van der Waals surface area contributed by atoms with Crippen LogP contribution in [0.5, 0.6) is 0 Å². The number of aryl methyl sites for hydroxylation is 1.